The molecule has 1 aliphatic heterocycles. The Morgan fingerprint density at radius 3 is 3.33 bits per heavy atom. The van der Waals surface area contributed by atoms with Crippen LogP contribution in [0.1, 0.15) is 0 Å². The number of amidine groups is 1. The van der Waals surface area contributed by atoms with Crippen LogP contribution in [0.15, 0.2) is 22.6 Å². The molecule has 0 spiro atoms. The van der Waals surface area contributed by atoms with Gasteiger partial charge in [0.25, 0.3) is 0 Å². The highest BCUT2D eigenvalue weighted by Crippen LogP contribution is 2.07. The molecular weight excluding hydrogens is 132 g/mol. The minimum absolute atomic E-state index is 0.749. The Hall–Kier alpha value is -0.570. The van der Waals surface area contributed by atoms with Gasteiger partial charge < -0.3 is 0 Å². The molecule has 3 heteroatoms. The quantitative estimate of drug-likeness (QED) is 0.531. The Balaban J connectivity index is 2.27. The van der Waals surface area contributed by atoms with Crippen LogP contribution in [0.5, 0.6) is 0 Å². The van der Waals surface area contributed by atoms with Crippen molar-refractivity contribution in [2.24, 2.45) is 9.98 Å². The number of thioether (sulfide) groups is 1. The van der Waals surface area contributed by atoms with Crippen molar-refractivity contribution in [2.75, 3.05) is 12.3 Å². The monoisotopic (exact) mass is 140 g/mol. The number of hydrogen-bond acceptors (Lipinski definition) is 3. The van der Waals surface area contributed by atoms with Gasteiger partial charge in [-0.05, 0) is 0 Å². The predicted molar refractivity (Wildman–Crippen MR) is 43.4 cm³/mol. The van der Waals surface area contributed by atoms with Crippen molar-refractivity contribution in [3.8, 4) is 0 Å². The first-order chi connectivity index (χ1) is 4.43. The van der Waals surface area contributed by atoms with Gasteiger partial charge in [-0.2, -0.15) is 0 Å². The normalized spacial score (nSPS) is 15.8. The fourth-order valence-corrected chi connectivity index (χ4v) is 1.08. The molecule has 0 amide bonds. The van der Waals surface area contributed by atoms with Gasteiger partial charge in [-0.1, -0.05) is 17.8 Å². The van der Waals surface area contributed by atoms with Crippen LogP contribution in [0.3, 0.4) is 0 Å². The average molecular weight is 140 g/mol. The lowest BCUT2D eigenvalue weighted by Crippen LogP contribution is -1.81. The molecule has 1 heterocycles. The molecule has 0 saturated carbocycles. The fraction of sp³-hybridized carbons (Fsp3) is 0.333. The van der Waals surface area contributed by atoms with E-state index in [4.69, 9.17) is 0 Å². The minimum atomic E-state index is 0.749. The van der Waals surface area contributed by atoms with Crippen molar-refractivity contribution in [1.82, 2.24) is 0 Å². The molecule has 0 aliphatic carbocycles. The van der Waals surface area contributed by atoms with Crippen LogP contribution in [-0.4, -0.2) is 23.7 Å². The molecule has 0 atom stereocenters. The topological polar surface area (TPSA) is 24.7 Å². The highest BCUT2D eigenvalue weighted by molar-refractivity contribution is 8.14. The first kappa shape index (κ1) is 6.55. The van der Waals surface area contributed by atoms with Crippen molar-refractivity contribution in [3.05, 3.63) is 12.7 Å². The van der Waals surface area contributed by atoms with E-state index in [0.29, 0.717) is 0 Å². The molecule has 1 rings (SSSR count). The molecule has 0 fully saturated rings. The largest absolute Gasteiger partial charge is 0.255 e. The van der Waals surface area contributed by atoms with Crippen molar-refractivity contribution >= 4 is 23.1 Å². The Labute approximate surface area is 58.8 Å². The van der Waals surface area contributed by atoms with E-state index >= 15 is 0 Å². The van der Waals surface area contributed by atoms with Crippen LogP contribution < -0.4 is 0 Å². The Kier molecular flexibility index (Phi) is 2.51. The molecular formula is C6H8N2S. The lowest BCUT2D eigenvalue weighted by molar-refractivity contribution is 1.37. The summed E-state index contributed by atoms with van der Waals surface area (Å²) in [5, 5.41) is 0.884. The summed E-state index contributed by atoms with van der Waals surface area (Å²) in [4.78, 5) is 8.10. The second-order valence-electron chi connectivity index (χ2n) is 1.53. The summed E-state index contributed by atoms with van der Waals surface area (Å²) in [6, 6.07) is 0. The number of hydrogen-bond donors (Lipinski definition) is 0. The maximum absolute atomic E-state index is 4.08. The van der Waals surface area contributed by atoms with E-state index in [9.17, 15) is 0 Å². The molecule has 1 aliphatic rings. The molecule has 0 bridgehead atoms. The molecule has 9 heavy (non-hydrogen) atoms. The molecule has 0 unspecified atom stereocenters. The number of aliphatic imine (C=N–C) groups is 2. The highest BCUT2D eigenvalue weighted by Gasteiger charge is 1.97. The third-order valence-corrected chi connectivity index (χ3v) is 1.74. The van der Waals surface area contributed by atoms with Crippen LogP contribution in [0.4, 0.5) is 0 Å². The van der Waals surface area contributed by atoms with E-state index in [1.807, 2.05) is 12.3 Å². The van der Waals surface area contributed by atoms with E-state index in [1.165, 1.54) is 0 Å². The Morgan fingerprint density at radius 1 is 1.89 bits per heavy atom. The van der Waals surface area contributed by atoms with E-state index in [2.05, 4.69) is 16.6 Å². The van der Waals surface area contributed by atoms with Crippen LogP contribution in [-0.2, 0) is 0 Å². The molecule has 0 aromatic heterocycles. The summed E-state index contributed by atoms with van der Waals surface area (Å²) in [5.41, 5.74) is 0. The van der Waals surface area contributed by atoms with Crippen LogP contribution in [0.2, 0.25) is 0 Å². The van der Waals surface area contributed by atoms with Gasteiger partial charge in [0.15, 0.2) is 5.17 Å². The molecule has 0 saturated heterocycles. The smallest absolute Gasteiger partial charge is 0.183 e. The molecule has 0 N–H and O–H groups in total. The maximum Gasteiger partial charge on any atom is 0.183 e. The minimum Gasteiger partial charge on any atom is -0.255 e. The second kappa shape index (κ2) is 3.45. The first-order valence-electron chi connectivity index (χ1n) is 2.74. The van der Waals surface area contributed by atoms with Crippen molar-refractivity contribution in [3.63, 3.8) is 0 Å². The summed E-state index contributed by atoms with van der Waals surface area (Å²) < 4.78 is 0. The van der Waals surface area contributed by atoms with Gasteiger partial charge in [-0.25, -0.2) is 4.99 Å². The fourth-order valence-electron chi connectivity index (χ4n) is 0.495. The van der Waals surface area contributed by atoms with Gasteiger partial charge in [-0.15, -0.1) is 6.58 Å². The molecule has 0 aromatic carbocycles. The Morgan fingerprint density at radius 2 is 2.78 bits per heavy atom. The standard InChI is InChI=1S/C6H8N2S/c1-2-5-9-6-7-3-4-8-6/h2-3H,1,4-5H2. The second-order valence-corrected chi connectivity index (χ2v) is 2.52. The predicted octanol–water partition coefficient (Wildman–Crippen LogP) is 1.35. The third-order valence-electron chi connectivity index (χ3n) is 0.840. The summed E-state index contributed by atoms with van der Waals surface area (Å²) >= 11 is 1.62. The van der Waals surface area contributed by atoms with Crippen LogP contribution in [0.25, 0.3) is 0 Å². The van der Waals surface area contributed by atoms with Gasteiger partial charge in [0.05, 0.1) is 6.54 Å². The Bertz CT molecular complexity index is 160. The van der Waals surface area contributed by atoms with Crippen LogP contribution in [0, 0.1) is 0 Å². The van der Waals surface area contributed by atoms with Crippen molar-refractivity contribution in [1.29, 1.82) is 0 Å². The zero-order chi connectivity index (χ0) is 6.53. The summed E-state index contributed by atoms with van der Waals surface area (Å²) in [7, 11) is 0. The van der Waals surface area contributed by atoms with E-state index in [1.54, 1.807) is 11.8 Å². The van der Waals surface area contributed by atoms with Crippen molar-refractivity contribution < 1.29 is 0 Å². The average Bonchev–Trinajstić information content (AvgIpc) is 2.34. The highest BCUT2D eigenvalue weighted by atomic mass is 32.2. The first-order valence-corrected chi connectivity index (χ1v) is 3.72. The van der Waals surface area contributed by atoms with E-state index in [0.717, 1.165) is 17.5 Å². The van der Waals surface area contributed by atoms with Crippen LogP contribution >= 0.6 is 11.8 Å². The zero-order valence-electron chi connectivity index (χ0n) is 5.08. The molecule has 2 nitrogen and oxygen atoms in total. The summed E-state index contributed by atoms with van der Waals surface area (Å²) in [6.07, 6.45) is 3.66. The maximum atomic E-state index is 4.08. The van der Waals surface area contributed by atoms with Gasteiger partial charge in [0, 0.05) is 12.0 Å². The number of rotatable bonds is 2. The van der Waals surface area contributed by atoms with Gasteiger partial charge in [-0.3, -0.25) is 4.99 Å². The van der Waals surface area contributed by atoms with Gasteiger partial charge >= 0.3 is 0 Å². The SMILES string of the molecule is C=CCSC1=NCC=N1. The van der Waals surface area contributed by atoms with Crippen molar-refractivity contribution in [2.45, 2.75) is 0 Å². The zero-order valence-corrected chi connectivity index (χ0v) is 5.90. The van der Waals surface area contributed by atoms with Gasteiger partial charge in [0.2, 0.25) is 0 Å². The lowest BCUT2D eigenvalue weighted by Gasteiger charge is -1.88. The molecule has 0 aromatic rings. The van der Waals surface area contributed by atoms with E-state index < -0.39 is 0 Å². The van der Waals surface area contributed by atoms with E-state index in [-0.39, 0.29) is 0 Å². The lowest BCUT2D eigenvalue weighted by atomic mass is 10.8. The third kappa shape index (κ3) is 2.01. The number of nitrogens with zero attached hydrogens (tertiary/aromatic N) is 2. The molecule has 48 valence electrons. The van der Waals surface area contributed by atoms with Gasteiger partial charge in [0.1, 0.15) is 0 Å². The summed E-state index contributed by atoms with van der Waals surface area (Å²) in [5.74, 6) is 0.899. The summed E-state index contributed by atoms with van der Waals surface area (Å²) in [6.45, 7) is 4.34. The molecule has 0 radical (unpaired) electrons.